The third kappa shape index (κ3) is 4.56. The topological polar surface area (TPSA) is 101 Å². The quantitative estimate of drug-likeness (QED) is 0.688. The monoisotopic (exact) mass is 402 g/mol. The molecule has 2 saturated heterocycles. The van der Waals surface area contributed by atoms with Gasteiger partial charge in [0.15, 0.2) is 0 Å². The molecule has 0 spiro atoms. The Bertz CT molecular complexity index is 759. The standard InChI is InChI=1S/C19H26N6O2S/c1-24-6-8-25(9-7-24)16-13(4-3-5-21-16)12-22-17(26)15-10-14(11-20)19(28-2)23-18(15)27/h3-5,14-15,19H,6-10,12H2,1-2H3,(H,22,26)(H,23,27). The van der Waals surface area contributed by atoms with E-state index in [-0.39, 0.29) is 29.5 Å². The summed E-state index contributed by atoms with van der Waals surface area (Å²) >= 11 is 1.42. The third-order valence-electron chi connectivity index (χ3n) is 5.32. The number of amides is 2. The Morgan fingerprint density at radius 3 is 2.86 bits per heavy atom. The van der Waals surface area contributed by atoms with Crippen LogP contribution in [-0.4, -0.2) is 66.6 Å². The van der Waals surface area contributed by atoms with E-state index in [1.165, 1.54) is 11.8 Å². The number of nitrogens with one attached hydrogen (secondary N) is 2. The summed E-state index contributed by atoms with van der Waals surface area (Å²) in [5.74, 6) is -0.986. The van der Waals surface area contributed by atoms with Crippen molar-refractivity contribution in [3.63, 3.8) is 0 Å². The molecule has 1 aromatic heterocycles. The normalized spacial score (nSPS) is 25.7. The maximum atomic E-state index is 12.6. The van der Waals surface area contributed by atoms with Crippen LogP contribution in [0.3, 0.4) is 0 Å². The van der Waals surface area contributed by atoms with Crippen molar-refractivity contribution in [1.82, 2.24) is 20.5 Å². The van der Waals surface area contributed by atoms with E-state index in [1.54, 1.807) is 6.20 Å². The fraction of sp³-hybridized carbons (Fsp3) is 0.579. The number of thioether (sulfide) groups is 1. The van der Waals surface area contributed by atoms with Crippen molar-refractivity contribution in [1.29, 1.82) is 5.26 Å². The largest absolute Gasteiger partial charge is 0.354 e. The fourth-order valence-corrected chi connectivity index (χ4v) is 4.31. The van der Waals surface area contributed by atoms with Crippen molar-refractivity contribution in [2.24, 2.45) is 11.8 Å². The lowest BCUT2D eigenvalue weighted by Crippen LogP contribution is -2.52. The number of nitriles is 1. The Kier molecular flexibility index (Phi) is 6.75. The van der Waals surface area contributed by atoms with Crippen LogP contribution < -0.4 is 15.5 Å². The van der Waals surface area contributed by atoms with Gasteiger partial charge in [-0.3, -0.25) is 9.59 Å². The van der Waals surface area contributed by atoms with Gasteiger partial charge in [-0.1, -0.05) is 6.07 Å². The van der Waals surface area contributed by atoms with E-state index in [2.05, 4.69) is 38.5 Å². The van der Waals surface area contributed by atoms with Gasteiger partial charge in [0.2, 0.25) is 11.8 Å². The summed E-state index contributed by atoms with van der Waals surface area (Å²) in [6, 6.07) is 6.00. The first-order valence-corrected chi connectivity index (χ1v) is 10.7. The number of likely N-dealkylation sites (N-methyl/N-ethyl adjacent to an activating group) is 1. The second kappa shape index (κ2) is 9.26. The molecule has 1 aromatic rings. The molecule has 2 aliphatic rings. The van der Waals surface area contributed by atoms with E-state index in [1.807, 2.05) is 18.4 Å². The first-order chi connectivity index (χ1) is 13.5. The number of nitrogens with zero attached hydrogens (tertiary/aromatic N) is 4. The van der Waals surface area contributed by atoms with Crippen molar-refractivity contribution in [2.75, 3.05) is 44.4 Å². The molecule has 3 atom stereocenters. The highest BCUT2D eigenvalue weighted by Gasteiger charge is 2.39. The minimum atomic E-state index is -0.836. The highest BCUT2D eigenvalue weighted by molar-refractivity contribution is 7.99. The summed E-state index contributed by atoms with van der Waals surface area (Å²) in [7, 11) is 2.10. The molecule has 2 N–H and O–H groups in total. The number of hydrogen-bond donors (Lipinski definition) is 2. The van der Waals surface area contributed by atoms with Crippen LogP contribution in [0, 0.1) is 23.2 Å². The van der Waals surface area contributed by atoms with Gasteiger partial charge in [0.05, 0.1) is 17.4 Å². The number of rotatable bonds is 5. The summed E-state index contributed by atoms with van der Waals surface area (Å²) in [6.07, 6.45) is 3.85. The lowest BCUT2D eigenvalue weighted by atomic mass is 9.89. The van der Waals surface area contributed by atoms with Crippen LogP contribution in [0.1, 0.15) is 12.0 Å². The Labute approximate surface area is 169 Å². The smallest absolute Gasteiger partial charge is 0.233 e. The molecule has 2 amide bonds. The van der Waals surface area contributed by atoms with Crippen LogP contribution >= 0.6 is 11.8 Å². The van der Waals surface area contributed by atoms with E-state index in [0.717, 1.165) is 37.6 Å². The molecular weight excluding hydrogens is 376 g/mol. The second-order valence-corrected chi connectivity index (χ2v) is 8.16. The summed E-state index contributed by atoms with van der Waals surface area (Å²) in [6.45, 7) is 4.02. The lowest BCUT2D eigenvalue weighted by Gasteiger charge is -2.34. The van der Waals surface area contributed by atoms with Crippen molar-refractivity contribution in [3.05, 3.63) is 23.9 Å². The number of aromatic nitrogens is 1. The Hall–Kier alpha value is -2.31. The van der Waals surface area contributed by atoms with E-state index in [0.29, 0.717) is 6.54 Å². The first kappa shape index (κ1) is 20.4. The van der Waals surface area contributed by atoms with E-state index < -0.39 is 5.92 Å². The Morgan fingerprint density at radius 1 is 1.43 bits per heavy atom. The number of hydrogen-bond acceptors (Lipinski definition) is 7. The van der Waals surface area contributed by atoms with E-state index in [9.17, 15) is 14.9 Å². The van der Waals surface area contributed by atoms with Crippen LogP contribution in [0.15, 0.2) is 18.3 Å². The summed E-state index contributed by atoms with van der Waals surface area (Å²) in [4.78, 5) is 34.0. The maximum Gasteiger partial charge on any atom is 0.233 e. The predicted octanol–water partition coefficient (Wildman–Crippen LogP) is 0.415. The van der Waals surface area contributed by atoms with Gasteiger partial charge in [0, 0.05) is 44.5 Å². The molecule has 3 heterocycles. The van der Waals surface area contributed by atoms with Gasteiger partial charge in [-0.15, -0.1) is 11.8 Å². The number of anilines is 1. The van der Waals surface area contributed by atoms with Crippen LogP contribution in [0.25, 0.3) is 0 Å². The predicted molar refractivity (Wildman–Crippen MR) is 108 cm³/mol. The third-order valence-corrected chi connectivity index (χ3v) is 6.27. The molecule has 28 heavy (non-hydrogen) atoms. The SMILES string of the molecule is CSC1NC(=O)C(C(=O)NCc2cccnc2N2CCN(C)CC2)CC1C#N. The molecule has 9 heteroatoms. The molecule has 3 rings (SSSR count). The van der Waals surface area contributed by atoms with Crippen molar-refractivity contribution in [3.8, 4) is 6.07 Å². The van der Waals surface area contributed by atoms with Gasteiger partial charge in [-0.2, -0.15) is 5.26 Å². The van der Waals surface area contributed by atoms with Gasteiger partial charge >= 0.3 is 0 Å². The fourth-order valence-electron chi connectivity index (χ4n) is 3.57. The molecule has 2 fully saturated rings. The minimum absolute atomic E-state index is 0.248. The second-order valence-electron chi connectivity index (χ2n) is 7.18. The average Bonchev–Trinajstić information content (AvgIpc) is 2.72. The maximum absolute atomic E-state index is 12.6. The molecule has 0 saturated carbocycles. The highest BCUT2D eigenvalue weighted by atomic mass is 32.2. The minimum Gasteiger partial charge on any atom is -0.354 e. The van der Waals surface area contributed by atoms with Crippen molar-refractivity contribution < 1.29 is 9.59 Å². The van der Waals surface area contributed by atoms with Gasteiger partial charge in [0.25, 0.3) is 0 Å². The molecule has 0 radical (unpaired) electrons. The summed E-state index contributed by atoms with van der Waals surface area (Å²) in [5, 5.41) is 14.7. The zero-order valence-electron chi connectivity index (χ0n) is 16.2. The van der Waals surface area contributed by atoms with Crippen LogP contribution in [0.2, 0.25) is 0 Å². The van der Waals surface area contributed by atoms with Crippen molar-refractivity contribution >= 4 is 29.4 Å². The van der Waals surface area contributed by atoms with E-state index >= 15 is 0 Å². The number of piperazine rings is 1. The molecule has 0 aliphatic carbocycles. The molecule has 2 aliphatic heterocycles. The summed E-state index contributed by atoms with van der Waals surface area (Å²) < 4.78 is 0. The molecule has 150 valence electrons. The van der Waals surface area contributed by atoms with Gasteiger partial charge < -0.3 is 20.4 Å². The van der Waals surface area contributed by atoms with Gasteiger partial charge in [-0.25, -0.2) is 4.98 Å². The number of piperidine rings is 1. The molecule has 0 bridgehead atoms. The Balaban J connectivity index is 1.64. The zero-order chi connectivity index (χ0) is 20.1. The van der Waals surface area contributed by atoms with Gasteiger partial charge in [0.1, 0.15) is 11.7 Å². The van der Waals surface area contributed by atoms with Crippen LogP contribution in [0.5, 0.6) is 0 Å². The van der Waals surface area contributed by atoms with Gasteiger partial charge in [-0.05, 0) is 25.8 Å². The molecule has 0 aromatic carbocycles. The zero-order valence-corrected chi connectivity index (χ0v) is 17.0. The molecule has 3 unspecified atom stereocenters. The Morgan fingerprint density at radius 2 is 2.18 bits per heavy atom. The van der Waals surface area contributed by atoms with Crippen molar-refractivity contribution in [2.45, 2.75) is 18.3 Å². The summed E-state index contributed by atoms with van der Waals surface area (Å²) in [5.41, 5.74) is 0.926. The van der Waals surface area contributed by atoms with Crippen LogP contribution in [0.4, 0.5) is 5.82 Å². The first-order valence-electron chi connectivity index (χ1n) is 9.41. The average molecular weight is 403 g/mol. The van der Waals surface area contributed by atoms with E-state index in [4.69, 9.17) is 0 Å². The number of carbonyl (C=O) groups is 2. The lowest BCUT2D eigenvalue weighted by molar-refractivity contribution is -0.137. The molecule has 8 nitrogen and oxygen atoms in total. The number of carbonyl (C=O) groups excluding carboxylic acids is 2. The highest BCUT2D eigenvalue weighted by Crippen LogP contribution is 2.27. The number of pyridine rings is 1. The molecular formula is C19H26N6O2S. The van der Waals surface area contributed by atoms with Crippen LogP contribution in [-0.2, 0) is 16.1 Å².